The lowest BCUT2D eigenvalue weighted by Gasteiger charge is -2.12. The first-order chi connectivity index (χ1) is 15.4. The average molecular weight is 448 g/mol. The number of benzene rings is 3. The topological polar surface area (TPSA) is 79.5 Å². The molecular weight excluding hydrogens is 422 g/mol. The van der Waals surface area contributed by atoms with Crippen LogP contribution < -0.4 is 20.7 Å². The third-order valence-electron chi connectivity index (χ3n) is 4.42. The summed E-state index contributed by atoms with van der Waals surface area (Å²) >= 11 is 5.23. The molecule has 0 aromatic heterocycles. The van der Waals surface area contributed by atoms with E-state index in [4.69, 9.17) is 17.0 Å². The van der Waals surface area contributed by atoms with Crippen LogP contribution in [0.25, 0.3) is 0 Å². The van der Waals surface area contributed by atoms with Gasteiger partial charge in [-0.3, -0.25) is 14.9 Å². The normalized spacial score (nSPS) is 10.3. The zero-order valence-electron chi connectivity index (χ0n) is 17.9. The summed E-state index contributed by atoms with van der Waals surface area (Å²) < 4.78 is 5.57. The molecule has 3 aromatic carbocycles. The summed E-state index contributed by atoms with van der Waals surface area (Å²) in [7, 11) is 0. The fourth-order valence-electron chi connectivity index (χ4n) is 2.88. The van der Waals surface area contributed by atoms with E-state index in [1.807, 2.05) is 44.2 Å². The summed E-state index contributed by atoms with van der Waals surface area (Å²) in [6, 6.07) is 23.4. The van der Waals surface area contributed by atoms with E-state index >= 15 is 0 Å². The van der Waals surface area contributed by atoms with E-state index in [1.54, 1.807) is 48.5 Å². The van der Waals surface area contributed by atoms with E-state index < -0.39 is 0 Å². The van der Waals surface area contributed by atoms with Crippen molar-refractivity contribution in [3.8, 4) is 5.75 Å². The Bertz CT molecular complexity index is 1070. The van der Waals surface area contributed by atoms with Crippen molar-refractivity contribution in [3.63, 3.8) is 0 Å². The molecule has 0 aliphatic carbocycles. The predicted octanol–water partition coefficient (Wildman–Crippen LogP) is 4.53. The van der Waals surface area contributed by atoms with Crippen LogP contribution in [0.2, 0.25) is 0 Å². The van der Waals surface area contributed by atoms with Gasteiger partial charge in [-0.2, -0.15) is 0 Å². The number of thiocarbonyl (C=S) groups is 1. The Balaban J connectivity index is 1.49. The van der Waals surface area contributed by atoms with Crippen molar-refractivity contribution in [1.82, 2.24) is 10.6 Å². The van der Waals surface area contributed by atoms with Crippen LogP contribution in [0, 0.1) is 0 Å². The largest absolute Gasteiger partial charge is 0.491 e. The Labute approximate surface area is 193 Å². The highest BCUT2D eigenvalue weighted by Crippen LogP contribution is 2.14. The standard InChI is InChI=1S/C25H25N3O3S/c1-17(2)31-22-14-10-20(11-15-22)24(30)28-25(32)27-21-12-8-19(9-13-21)23(29)26-16-18-6-4-3-5-7-18/h3-15,17H,16H2,1-2H3,(H,26,29)(H2,27,28,30,32). The molecule has 0 aliphatic rings. The number of nitrogens with one attached hydrogen (secondary N) is 3. The Morgan fingerprint density at radius 2 is 1.44 bits per heavy atom. The van der Waals surface area contributed by atoms with Crippen LogP contribution in [0.4, 0.5) is 5.69 Å². The summed E-state index contributed by atoms with van der Waals surface area (Å²) in [5.41, 5.74) is 2.69. The second kappa shape index (κ2) is 11.1. The Morgan fingerprint density at radius 1 is 0.844 bits per heavy atom. The maximum atomic E-state index is 12.4. The van der Waals surface area contributed by atoms with Gasteiger partial charge in [0.2, 0.25) is 0 Å². The quantitative estimate of drug-likeness (QED) is 0.464. The predicted molar refractivity (Wildman–Crippen MR) is 130 cm³/mol. The van der Waals surface area contributed by atoms with Gasteiger partial charge in [-0.05, 0) is 80.2 Å². The second-order valence-electron chi connectivity index (χ2n) is 7.34. The van der Waals surface area contributed by atoms with Gasteiger partial charge in [-0.15, -0.1) is 0 Å². The van der Waals surface area contributed by atoms with E-state index in [0.717, 1.165) is 5.56 Å². The van der Waals surface area contributed by atoms with Gasteiger partial charge in [0.05, 0.1) is 6.10 Å². The molecule has 0 fully saturated rings. The summed E-state index contributed by atoms with van der Waals surface area (Å²) in [5, 5.41) is 8.64. The summed E-state index contributed by atoms with van der Waals surface area (Å²) in [5.74, 6) is 0.210. The van der Waals surface area contributed by atoms with Gasteiger partial charge in [0.1, 0.15) is 5.75 Å². The summed E-state index contributed by atoms with van der Waals surface area (Å²) in [6.45, 7) is 4.34. The minimum absolute atomic E-state index is 0.0628. The number of ether oxygens (including phenoxy) is 1. The molecule has 0 unspecified atom stereocenters. The van der Waals surface area contributed by atoms with Gasteiger partial charge in [0.25, 0.3) is 11.8 Å². The smallest absolute Gasteiger partial charge is 0.257 e. The van der Waals surface area contributed by atoms with Gasteiger partial charge in [0, 0.05) is 23.4 Å². The molecule has 0 saturated carbocycles. The highest BCUT2D eigenvalue weighted by molar-refractivity contribution is 7.80. The minimum Gasteiger partial charge on any atom is -0.491 e. The highest BCUT2D eigenvalue weighted by Gasteiger charge is 2.10. The maximum Gasteiger partial charge on any atom is 0.257 e. The van der Waals surface area contributed by atoms with Crippen LogP contribution in [-0.2, 0) is 6.54 Å². The molecule has 0 radical (unpaired) electrons. The zero-order valence-corrected chi connectivity index (χ0v) is 18.7. The van der Waals surface area contributed by atoms with Crippen molar-refractivity contribution in [1.29, 1.82) is 0 Å². The summed E-state index contributed by atoms with van der Waals surface area (Å²) in [4.78, 5) is 24.7. The van der Waals surface area contributed by atoms with Crippen molar-refractivity contribution < 1.29 is 14.3 Å². The average Bonchev–Trinajstić information content (AvgIpc) is 2.78. The van der Waals surface area contributed by atoms with Crippen LogP contribution >= 0.6 is 12.2 Å². The van der Waals surface area contributed by atoms with E-state index in [2.05, 4.69) is 16.0 Å². The summed E-state index contributed by atoms with van der Waals surface area (Å²) in [6.07, 6.45) is 0.0628. The SMILES string of the molecule is CC(C)Oc1ccc(C(=O)NC(=S)Nc2ccc(C(=O)NCc3ccccc3)cc2)cc1. The van der Waals surface area contributed by atoms with Crippen LogP contribution in [0.1, 0.15) is 40.1 Å². The molecule has 0 bridgehead atoms. The first-order valence-corrected chi connectivity index (χ1v) is 10.6. The molecule has 3 rings (SSSR count). The van der Waals surface area contributed by atoms with Crippen molar-refractivity contribution in [3.05, 3.63) is 95.6 Å². The first kappa shape index (κ1) is 23.0. The lowest BCUT2D eigenvalue weighted by Crippen LogP contribution is -2.34. The number of anilines is 1. The second-order valence-corrected chi connectivity index (χ2v) is 7.75. The van der Waals surface area contributed by atoms with E-state index in [1.165, 1.54) is 0 Å². The fraction of sp³-hybridized carbons (Fsp3) is 0.160. The number of carbonyl (C=O) groups excluding carboxylic acids is 2. The number of hydrogen-bond donors (Lipinski definition) is 3. The van der Waals surface area contributed by atoms with Crippen molar-refractivity contribution in [2.24, 2.45) is 0 Å². The molecule has 0 saturated heterocycles. The molecule has 3 N–H and O–H groups in total. The van der Waals surface area contributed by atoms with Gasteiger partial charge in [-0.1, -0.05) is 30.3 Å². The monoisotopic (exact) mass is 447 g/mol. The number of hydrogen-bond acceptors (Lipinski definition) is 4. The molecule has 0 atom stereocenters. The lowest BCUT2D eigenvalue weighted by atomic mass is 10.1. The Morgan fingerprint density at radius 3 is 2.06 bits per heavy atom. The molecule has 0 spiro atoms. The van der Waals surface area contributed by atoms with Gasteiger partial charge in [-0.25, -0.2) is 0 Å². The van der Waals surface area contributed by atoms with Crippen LogP contribution in [0.15, 0.2) is 78.9 Å². The molecule has 32 heavy (non-hydrogen) atoms. The van der Waals surface area contributed by atoms with Gasteiger partial charge < -0.3 is 15.4 Å². The number of carbonyl (C=O) groups is 2. The first-order valence-electron chi connectivity index (χ1n) is 10.2. The lowest BCUT2D eigenvalue weighted by molar-refractivity contribution is 0.0948. The molecular formula is C25H25N3O3S. The molecule has 164 valence electrons. The van der Waals surface area contributed by atoms with Crippen molar-refractivity contribution in [2.45, 2.75) is 26.5 Å². The van der Waals surface area contributed by atoms with E-state index in [-0.39, 0.29) is 23.0 Å². The maximum absolute atomic E-state index is 12.4. The number of rotatable bonds is 7. The Hall–Kier alpha value is -3.71. The number of amides is 2. The third kappa shape index (κ3) is 6.92. The molecule has 3 aromatic rings. The van der Waals surface area contributed by atoms with Crippen LogP contribution in [0.3, 0.4) is 0 Å². The third-order valence-corrected chi connectivity index (χ3v) is 4.62. The van der Waals surface area contributed by atoms with Crippen LogP contribution in [-0.4, -0.2) is 23.0 Å². The van der Waals surface area contributed by atoms with E-state index in [9.17, 15) is 9.59 Å². The molecule has 2 amide bonds. The van der Waals surface area contributed by atoms with Crippen molar-refractivity contribution >= 4 is 34.8 Å². The molecule has 0 aliphatic heterocycles. The van der Waals surface area contributed by atoms with Gasteiger partial charge in [0.15, 0.2) is 5.11 Å². The Kier molecular flexibility index (Phi) is 7.94. The van der Waals surface area contributed by atoms with Crippen molar-refractivity contribution in [2.75, 3.05) is 5.32 Å². The molecule has 7 heteroatoms. The fourth-order valence-corrected chi connectivity index (χ4v) is 3.09. The minimum atomic E-state index is -0.324. The highest BCUT2D eigenvalue weighted by atomic mass is 32.1. The van der Waals surface area contributed by atoms with Gasteiger partial charge >= 0.3 is 0 Å². The molecule has 6 nitrogen and oxygen atoms in total. The van der Waals surface area contributed by atoms with Crippen LogP contribution in [0.5, 0.6) is 5.75 Å². The molecule has 0 heterocycles. The zero-order chi connectivity index (χ0) is 22.9. The van der Waals surface area contributed by atoms with E-state index in [0.29, 0.717) is 29.1 Å².